The Kier molecular flexibility index (Phi) is 4.64. The molecule has 0 aromatic heterocycles. The molecular weight excluding hydrogens is 220 g/mol. The molecule has 0 saturated heterocycles. The summed E-state index contributed by atoms with van der Waals surface area (Å²) in [7, 11) is 0. The summed E-state index contributed by atoms with van der Waals surface area (Å²) in [5.74, 6) is 4.15. The van der Waals surface area contributed by atoms with E-state index in [4.69, 9.17) is 0 Å². The molecule has 0 fully saturated rings. The highest BCUT2D eigenvalue weighted by atomic mass is 16.5. The normalized spacial score (nSPS) is 8.76. The number of rotatable bonds is 3. The molecule has 0 aliphatic rings. The molecule has 1 aromatic rings. The smallest absolute Gasteiger partial charge is 0.384 e. The predicted molar refractivity (Wildman–Crippen MR) is 60.7 cm³/mol. The lowest BCUT2D eigenvalue weighted by molar-refractivity contribution is -0.136. The van der Waals surface area contributed by atoms with E-state index in [9.17, 15) is 14.4 Å². The molecule has 0 heterocycles. The van der Waals surface area contributed by atoms with Crippen LogP contribution in [0.3, 0.4) is 0 Å². The van der Waals surface area contributed by atoms with Crippen molar-refractivity contribution in [2.75, 3.05) is 6.61 Å². The van der Waals surface area contributed by atoms with Gasteiger partial charge in [-0.25, -0.2) is 4.79 Å². The fourth-order valence-corrected chi connectivity index (χ4v) is 1.18. The first-order valence-corrected chi connectivity index (χ1v) is 4.93. The molecule has 0 saturated carbocycles. The van der Waals surface area contributed by atoms with Gasteiger partial charge in [0.15, 0.2) is 0 Å². The summed E-state index contributed by atoms with van der Waals surface area (Å²) in [6, 6.07) is 4.42. The number of benzene rings is 1. The molecule has 4 nitrogen and oxygen atoms in total. The molecule has 1 rings (SSSR count). The van der Waals surface area contributed by atoms with Crippen molar-refractivity contribution in [3.63, 3.8) is 0 Å². The van der Waals surface area contributed by atoms with Gasteiger partial charge in [-0.15, -0.1) is 0 Å². The molecule has 0 atom stereocenters. The van der Waals surface area contributed by atoms with Gasteiger partial charge in [-0.3, -0.25) is 9.59 Å². The second-order valence-corrected chi connectivity index (χ2v) is 3.09. The standard InChI is InChI=1S/C13H10O4/c1-2-17-13(16)4-3-10-5-11(8-14)7-12(6-10)9-15/h5-9H,2H2,1H3. The van der Waals surface area contributed by atoms with Crippen molar-refractivity contribution in [3.05, 3.63) is 34.9 Å². The van der Waals surface area contributed by atoms with E-state index >= 15 is 0 Å². The topological polar surface area (TPSA) is 60.4 Å². The third-order valence-corrected chi connectivity index (χ3v) is 1.83. The van der Waals surface area contributed by atoms with E-state index in [1.807, 2.05) is 0 Å². The Morgan fingerprint density at radius 1 is 1.24 bits per heavy atom. The average molecular weight is 230 g/mol. The molecule has 17 heavy (non-hydrogen) atoms. The van der Waals surface area contributed by atoms with E-state index in [2.05, 4.69) is 16.6 Å². The minimum atomic E-state index is -0.642. The summed E-state index contributed by atoms with van der Waals surface area (Å²) >= 11 is 0. The van der Waals surface area contributed by atoms with Crippen molar-refractivity contribution in [3.8, 4) is 11.8 Å². The number of hydrogen-bond acceptors (Lipinski definition) is 4. The number of ether oxygens (including phenoxy) is 1. The van der Waals surface area contributed by atoms with Crippen LogP contribution in [0.2, 0.25) is 0 Å². The number of aldehydes is 2. The Morgan fingerprint density at radius 3 is 2.29 bits per heavy atom. The van der Waals surface area contributed by atoms with E-state index in [1.165, 1.54) is 18.2 Å². The van der Waals surface area contributed by atoms with Crippen LogP contribution >= 0.6 is 0 Å². The molecule has 4 heteroatoms. The van der Waals surface area contributed by atoms with E-state index in [0.717, 1.165) is 0 Å². The van der Waals surface area contributed by atoms with Crippen LogP contribution in [-0.2, 0) is 9.53 Å². The molecule has 0 aliphatic carbocycles. The maximum absolute atomic E-state index is 11.0. The van der Waals surface area contributed by atoms with E-state index in [0.29, 0.717) is 29.3 Å². The van der Waals surface area contributed by atoms with Crippen molar-refractivity contribution in [2.24, 2.45) is 0 Å². The second kappa shape index (κ2) is 6.23. The summed E-state index contributed by atoms with van der Waals surface area (Å²) in [5.41, 5.74) is 1.09. The lowest BCUT2D eigenvalue weighted by atomic mass is 10.1. The van der Waals surface area contributed by atoms with Crippen molar-refractivity contribution in [1.82, 2.24) is 0 Å². The Bertz CT molecular complexity index is 480. The predicted octanol–water partition coefficient (Wildman–Crippen LogP) is 1.23. The van der Waals surface area contributed by atoms with Crippen LogP contribution in [0.1, 0.15) is 33.2 Å². The first-order valence-electron chi connectivity index (χ1n) is 4.93. The Morgan fingerprint density at radius 2 is 1.82 bits per heavy atom. The van der Waals surface area contributed by atoms with Gasteiger partial charge in [0.2, 0.25) is 0 Å². The van der Waals surface area contributed by atoms with Gasteiger partial charge < -0.3 is 4.74 Å². The minimum Gasteiger partial charge on any atom is -0.456 e. The molecule has 0 amide bonds. The largest absolute Gasteiger partial charge is 0.456 e. The average Bonchev–Trinajstić information content (AvgIpc) is 2.36. The highest BCUT2D eigenvalue weighted by Gasteiger charge is 1.99. The first-order chi connectivity index (χ1) is 8.19. The summed E-state index contributed by atoms with van der Waals surface area (Å²) in [6.45, 7) is 1.93. The summed E-state index contributed by atoms with van der Waals surface area (Å²) < 4.78 is 4.63. The maximum atomic E-state index is 11.0. The Balaban J connectivity index is 3.01. The van der Waals surface area contributed by atoms with Crippen LogP contribution in [0.25, 0.3) is 0 Å². The van der Waals surface area contributed by atoms with Crippen LogP contribution in [0, 0.1) is 11.8 Å². The minimum absolute atomic E-state index is 0.251. The van der Waals surface area contributed by atoms with Gasteiger partial charge in [-0.05, 0) is 25.1 Å². The molecule has 86 valence electrons. The number of carbonyl (C=O) groups excluding carboxylic acids is 3. The van der Waals surface area contributed by atoms with Crippen molar-refractivity contribution in [1.29, 1.82) is 0 Å². The number of carbonyl (C=O) groups is 3. The summed E-state index contributed by atoms with van der Waals surface area (Å²) in [4.78, 5) is 32.2. The van der Waals surface area contributed by atoms with E-state index < -0.39 is 5.97 Å². The Hall–Kier alpha value is -2.41. The molecule has 0 spiro atoms. The molecule has 0 radical (unpaired) electrons. The van der Waals surface area contributed by atoms with Gasteiger partial charge in [-0.2, -0.15) is 0 Å². The van der Waals surface area contributed by atoms with Crippen molar-refractivity contribution >= 4 is 18.5 Å². The van der Waals surface area contributed by atoms with Gasteiger partial charge in [0.05, 0.1) is 6.61 Å². The molecule has 0 bridgehead atoms. The van der Waals surface area contributed by atoms with Crippen molar-refractivity contribution in [2.45, 2.75) is 6.92 Å². The van der Waals surface area contributed by atoms with Gasteiger partial charge in [0.1, 0.15) is 12.6 Å². The van der Waals surface area contributed by atoms with Crippen LogP contribution < -0.4 is 0 Å². The first kappa shape index (κ1) is 12.7. The van der Waals surface area contributed by atoms with Gasteiger partial charge in [-0.1, -0.05) is 5.92 Å². The third kappa shape index (κ3) is 3.92. The zero-order chi connectivity index (χ0) is 12.7. The fraction of sp³-hybridized carbons (Fsp3) is 0.154. The van der Waals surface area contributed by atoms with Crippen LogP contribution in [0.4, 0.5) is 0 Å². The lowest BCUT2D eigenvalue weighted by Gasteiger charge is -1.96. The van der Waals surface area contributed by atoms with Gasteiger partial charge in [0.25, 0.3) is 0 Å². The van der Waals surface area contributed by atoms with Gasteiger partial charge >= 0.3 is 5.97 Å². The van der Waals surface area contributed by atoms with Crippen LogP contribution in [0.15, 0.2) is 18.2 Å². The monoisotopic (exact) mass is 230 g/mol. The highest BCUT2D eigenvalue weighted by molar-refractivity contribution is 5.89. The van der Waals surface area contributed by atoms with Crippen molar-refractivity contribution < 1.29 is 19.1 Å². The molecule has 0 unspecified atom stereocenters. The SMILES string of the molecule is CCOC(=O)C#Cc1cc(C=O)cc(C=O)c1. The maximum Gasteiger partial charge on any atom is 0.384 e. The third-order valence-electron chi connectivity index (χ3n) is 1.83. The molecular formula is C13H10O4. The molecule has 0 N–H and O–H groups in total. The summed E-state index contributed by atoms with van der Waals surface area (Å²) in [5, 5.41) is 0. The quantitative estimate of drug-likeness (QED) is 0.445. The lowest BCUT2D eigenvalue weighted by Crippen LogP contribution is -1.99. The zero-order valence-corrected chi connectivity index (χ0v) is 9.23. The summed E-state index contributed by atoms with van der Waals surface area (Å²) in [6.07, 6.45) is 1.23. The van der Waals surface area contributed by atoms with Crippen LogP contribution in [0.5, 0.6) is 0 Å². The second-order valence-electron chi connectivity index (χ2n) is 3.09. The number of hydrogen-bond donors (Lipinski definition) is 0. The molecule has 0 aliphatic heterocycles. The highest BCUT2D eigenvalue weighted by Crippen LogP contribution is 2.06. The molecule has 1 aromatic carbocycles. The number of esters is 1. The van der Waals surface area contributed by atoms with Gasteiger partial charge in [0, 0.05) is 22.6 Å². The van der Waals surface area contributed by atoms with Crippen LogP contribution in [-0.4, -0.2) is 25.1 Å². The fourth-order valence-electron chi connectivity index (χ4n) is 1.18. The van der Waals surface area contributed by atoms with E-state index in [-0.39, 0.29) is 6.61 Å². The van der Waals surface area contributed by atoms with E-state index in [1.54, 1.807) is 6.92 Å². The zero-order valence-electron chi connectivity index (χ0n) is 9.23. The Labute approximate surface area is 98.6 Å².